The molecule has 5 heteroatoms. The summed E-state index contributed by atoms with van der Waals surface area (Å²) in [7, 11) is -1.83. The molecule has 1 fully saturated rings. The summed E-state index contributed by atoms with van der Waals surface area (Å²) in [6.45, 7) is 4.92. The smallest absolute Gasteiger partial charge is 0.243 e. The SMILES string of the molecule is COc1ccccc1/C=C1\CN(S(=O)(=O)c2ccc(C)cc2)CC1C. The van der Waals surface area contributed by atoms with Gasteiger partial charge in [0.2, 0.25) is 10.0 Å². The molecule has 0 aliphatic carbocycles. The second-order valence-electron chi connectivity index (χ2n) is 6.47. The highest BCUT2D eigenvalue weighted by atomic mass is 32.2. The average Bonchev–Trinajstić information content (AvgIpc) is 2.97. The molecule has 1 aliphatic heterocycles. The molecule has 25 heavy (non-hydrogen) atoms. The van der Waals surface area contributed by atoms with Crippen molar-refractivity contribution in [3.8, 4) is 5.75 Å². The van der Waals surface area contributed by atoms with Gasteiger partial charge in [0.1, 0.15) is 5.75 Å². The van der Waals surface area contributed by atoms with Crippen molar-refractivity contribution in [3.05, 3.63) is 65.2 Å². The van der Waals surface area contributed by atoms with Crippen molar-refractivity contribution in [2.75, 3.05) is 20.2 Å². The van der Waals surface area contributed by atoms with E-state index in [2.05, 4.69) is 6.92 Å². The van der Waals surface area contributed by atoms with Crippen LogP contribution in [-0.4, -0.2) is 32.9 Å². The lowest BCUT2D eigenvalue weighted by Crippen LogP contribution is -2.28. The fourth-order valence-electron chi connectivity index (χ4n) is 3.06. The van der Waals surface area contributed by atoms with E-state index in [0.29, 0.717) is 18.0 Å². The van der Waals surface area contributed by atoms with Gasteiger partial charge in [0.05, 0.1) is 12.0 Å². The van der Waals surface area contributed by atoms with Gasteiger partial charge in [0, 0.05) is 18.7 Å². The van der Waals surface area contributed by atoms with Crippen LogP contribution in [0.4, 0.5) is 0 Å². The first kappa shape index (κ1) is 17.7. The van der Waals surface area contributed by atoms with Crippen LogP contribution in [0.3, 0.4) is 0 Å². The van der Waals surface area contributed by atoms with Crippen molar-refractivity contribution in [2.45, 2.75) is 18.7 Å². The van der Waals surface area contributed by atoms with Gasteiger partial charge in [-0.25, -0.2) is 8.42 Å². The number of hydrogen-bond acceptors (Lipinski definition) is 3. The fourth-order valence-corrected chi connectivity index (χ4v) is 4.58. The predicted molar refractivity (Wildman–Crippen MR) is 100 cm³/mol. The normalized spacial score (nSPS) is 20.1. The number of hydrogen-bond donors (Lipinski definition) is 0. The molecule has 1 atom stereocenters. The van der Waals surface area contributed by atoms with Crippen molar-refractivity contribution in [1.29, 1.82) is 0 Å². The van der Waals surface area contributed by atoms with Gasteiger partial charge < -0.3 is 4.74 Å². The second-order valence-corrected chi connectivity index (χ2v) is 8.41. The molecule has 2 aromatic carbocycles. The predicted octanol–water partition coefficient (Wildman–Crippen LogP) is 3.73. The number of ether oxygens (including phenoxy) is 1. The van der Waals surface area contributed by atoms with Crippen LogP contribution in [0.2, 0.25) is 0 Å². The Morgan fingerprint density at radius 1 is 1.12 bits per heavy atom. The van der Waals surface area contributed by atoms with E-state index in [1.165, 1.54) is 0 Å². The van der Waals surface area contributed by atoms with Crippen LogP contribution in [0.5, 0.6) is 5.75 Å². The summed E-state index contributed by atoms with van der Waals surface area (Å²) in [5.74, 6) is 0.965. The lowest BCUT2D eigenvalue weighted by Gasteiger charge is -2.15. The number of methoxy groups -OCH3 is 1. The summed E-state index contributed by atoms with van der Waals surface area (Å²) in [6.07, 6.45) is 2.05. The topological polar surface area (TPSA) is 46.6 Å². The third-order valence-corrected chi connectivity index (χ3v) is 6.43. The molecule has 0 amide bonds. The van der Waals surface area contributed by atoms with Crippen molar-refractivity contribution in [2.24, 2.45) is 5.92 Å². The number of nitrogens with zero attached hydrogens (tertiary/aromatic N) is 1. The summed E-state index contributed by atoms with van der Waals surface area (Å²) < 4.78 is 32.7. The maximum Gasteiger partial charge on any atom is 0.243 e. The minimum atomic E-state index is -3.47. The van der Waals surface area contributed by atoms with Crippen LogP contribution in [0.1, 0.15) is 18.1 Å². The first-order chi connectivity index (χ1) is 11.9. The van der Waals surface area contributed by atoms with Gasteiger partial charge in [-0.2, -0.15) is 4.31 Å². The minimum Gasteiger partial charge on any atom is -0.496 e. The van der Waals surface area contributed by atoms with E-state index in [4.69, 9.17) is 4.74 Å². The summed E-state index contributed by atoms with van der Waals surface area (Å²) >= 11 is 0. The van der Waals surface area contributed by atoms with Gasteiger partial charge in [-0.3, -0.25) is 0 Å². The minimum absolute atomic E-state index is 0.171. The van der Waals surface area contributed by atoms with Gasteiger partial charge in [-0.05, 0) is 31.0 Å². The average molecular weight is 357 g/mol. The molecule has 1 saturated heterocycles. The largest absolute Gasteiger partial charge is 0.496 e. The highest BCUT2D eigenvalue weighted by Crippen LogP contribution is 2.31. The maximum absolute atomic E-state index is 12.9. The third kappa shape index (κ3) is 3.62. The molecular formula is C20H23NO3S. The van der Waals surface area contributed by atoms with E-state index >= 15 is 0 Å². The first-order valence-electron chi connectivity index (χ1n) is 8.32. The maximum atomic E-state index is 12.9. The number of aryl methyl sites for hydroxylation is 1. The highest BCUT2D eigenvalue weighted by Gasteiger charge is 2.33. The zero-order valence-corrected chi connectivity index (χ0v) is 15.6. The van der Waals surface area contributed by atoms with Crippen LogP contribution in [0, 0.1) is 12.8 Å². The molecule has 0 spiro atoms. The molecule has 0 radical (unpaired) electrons. The van der Waals surface area contributed by atoms with E-state index in [9.17, 15) is 8.42 Å². The second kappa shape index (κ2) is 7.02. The lowest BCUT2D eigenvalue weighted by atomic mass is 10.0. The highest BCUT2D eigenvalue weighted by molar-refractivity contribution is 7.89. The van der Waals surface area contributed by atoms with E-state index < -0.39 is 10.0 Å². The molecule has 4 nitrogen and oxygen atoms in total. The zero-order chi connectivity index (χ0) is 18.0. The molecule has 0 bridgehead atoms. The monoisotopic (exact) mass is 357 g/mol. The Labute approximate surface area is 149 Å². The first-order valence-corrected chi connectivity index (χ1v) is 9.76. The number of sulfonamides is 1. The van der Waals surface area contributed by atoms with E-state index in [0.717, 1.165) is 22.4 Å². The van der Waals surface area contributed by atoms with Crippen LogP contribution < -0.4 is 4.74 Å². The Balaban J connectivity index is 1.88. The zero-order valence-electron chi connectivity index (χ0n) is 14.8. The number of benzene rings is 2. The van der Waals surface area contributed by atoms with E-state index in [1.807, 2.05) is 49.4 Å². The van der Waals surface area contributed by atoms with Crippen molar-refractivity contribution >= 4 is 16.1 Å². The Morgan fingerprint density at radius 3 is 2.48 bits per heavy atom. The Bertz CT molecular complexity index is 885. The molecule has 3 rings (SSSR count). The van der Waals surface area contributed by atoms with Crippen molar-refractivity contribution in [1.82, 2.24) is 4.31 Å². The van der Waals surface area contributed by atoms with Gasteiger partial charge in [-0.1, -0.05) is 54.5 Å². The van der Waals surface area contributed by atoms with Crippen molar-refractivity contribution in [3.63, 3.8) is 0 Å². The quantitative estimate of drug-likeness (QED) is 0.838. The molecule has 1 heterocycles. The summed E-state index contributed by atoms with van der Waals surface area (Å²) in [5, 5.41) is 0. The van der Waals surface area contributed by atoms with E-state index in [1.54, 1.807) is 23.5 Å². The summed E-state index contributed by atoms with van der Waals surface area (Å²) in [4.78, 5) is 0.351. The molecular weight excluding hydrogens is 334 g/mol. The molecule has 2 aromatic rings. The third-order valence-electron chi connectivity index (χ3n) is 4.61. The van der Waals surface area contributed by atoms with Crippen LogP contribution in [-0.2, 0) is 10.0 Å². The van der Waals surface area contributed by atoms with Gasteiger partial charge in [0.15, 0.2) is 0 Å². The number of rotatable bonds is 4. The molecule has 0 aromatic heterocycles. The lowest BCUT2D eigenvalue weighted by molar-refractivity contribution is 0.414. The Kier molecular flexibility index (Phi) is 4.97. The summed E-state index contributed by atoms with van der Waals surface area (Å²) in [5.41, 5.74) is 3.12. The van der Waals surface area contributed by atoms with Gasteiger partial charge in [-0.15, -0.1) is 0 Å². The molecule has 1 aliphatic rings. The van der Waals surface area contributed by atoms with Crippen LogP contribution >= 0.6 is 0 Å². The van der Waals surface area contributed by atoms with E-state index in [-0.39, 0.29) is 5.92 Å². The standard InChI is InChI=1S/C20H23NO3S/c1-15-8-10-19(11-9-15)25(22,23)21-13-16(2)18(14-21)12-17-6-4-5-7-20(17)24-3/h4-12,16H,13-14H2,1-3H3/b18-12+. The van der Waals surface area contributed by atoms with Gasteiger partial charge >= 0.3 is 0 Å². The molecule has 132 valence electrons. The molecule has 1 unspecified atom stereocenters. The van der Waals surface area contributed by atoms with Crippen LogP contribution in [0.25, 0.3) is 6.08 Å². The Hall–Kier alpha value is -2.11. The molecule has 0 N–H and O–H groups in total. The summed E-state index contributed by atoms with van der Waals surface area (Å²) in [6, 6.07) is 14.8. The number of para-hydroxylation sites is 1. The molecule has 0 saturated carbocycles. The Morgan fingerprint density at radius 2 is 1.80 bits per heavy atom. The van der Waals surface area contributed by atoms with Crippen molar-refractivity contribution < 1.29 is 13.2 Å². The van der Waals surface area contributed by atoms with Gasteiger partial charge in [0.25, 0.3) is 0 Å². The van der Waals surface area contributed by atoms with Crippen LogP contribution in [0.15, 0.2) is 59.0 Å². The fraction of sp³-hybridized carbons (Fsp3) is 0.300.